The van der Waals surface area contributed by atoms with Crippen LogP contribution < -0.4 is 15.2 Å². The van der Waals surface area contributed by atoms with E-state index in [1.807, 2.05) is 25.1 Å². The van der Waals surface area contributed by atoms with Gasteiger partial charge >= 0.3 is 0 Å². The number of likely N-dealkylation sites (N-methyl/N-ethyl adjacent to an activating group) is 1. The molecule has 1 fully saturated rings. The molecule has 4 nitrogen and oxygen atoms in total. The highest BCUT2D eigenvalue weighted by atomic mass is 16.5. The van der Waals surface area contributed by atoms with Gasteiger partial charge in [0.2, 0.25) is 0 Å². The van der Waals surface area contributed by atoms with E-state index in [4.69, 9.17) is 15.2 Å². The first-order valence-electron chi connectivity index (χ1n) is 6.56. The summed E-state index contributed by atoms with van der Waals surface area (Å²) >= 11 is 0. The Morgan fingerprint density at radius 1 is 1.33 bits per heavy atom. The van der Waals surface area contributed by atoms with Crippen molar-refractivity contribution in [3.63, 3.8) is 0 Å². The molecule has 0 aliphatic heterocycles. The van der Waals surface area contributed by atoms with Gasteiger partial charge < -0.3 is 20.1 Å². The number of nitrogen functional groups attached to an aromatic ring is 1. The second-order valence-corrected chi connectivity index (χ2v) is 4.69. The molecular formula is C14H22N2O2. The smallest absolute Gasteiger partial charge is 0.145 e. The lowest BCUT2D eigenvalue weighted by Gasteiger charge is -2.16. The summed E-state index contributed by atoms with van der Waals surface area (Å²) in [5, 5.41) is 0. The zero-order valence-electron chi connectivity index (χ0n) is 11.2. The molecule has 0 atom stereocenters. The SMILES string of the molecule is CCOc1cc(OCCN(C)C2CC2)ccc1N. The Hall–Kier alpha value is -1.42. The third-order valence-electron chi connectivity index (χ3n) is 3.17. The van der Waals surface area contributed by atoms with Crippen molar-refractivity contribution >= 4 is 5.69 Å². The van der Waals surface area contributed by atoms with Gasteiger partial charge in [-0.2, -0.15) is 0 Å². The molecule has 0 spiro atoms. The molecule has 1 aromatic carbocycles. The van der Waals surface area contributed by atoms with Crippen LogP contribution >= 0.6 is 0 Å². The van der Waals surface area contributed by atoms with Gasteiger partial charge in [-0.1, -0.05) is 0 Å². The van der Waals surface area contributed by atoms with Crippen molar-refractivity contribution < 1.29 is 9.47 Å². The first-order valence-corrected chi connectivity index (χ1v) is 6.56. The van der Waals surface area contributed by atoms with E-state index in [0.717, 1.165) is 18.3 Å². The first kappa shape index (κ1) is 13.0. The molecule has 0 unspecified atom stereocenters. The van der Waals surface area contributed by atoms with Crippen LogP contribution in [-0.2, 0) is 0 Å². The van der Waals surface area contributed by atoms with Crippen LogP contribution in [0.4, 0.5) is 5.69 Å². The number of nitrogens with zero attached hydrogens (tertiary/aromatic N) is 1. The molecule has 2 rings (SSSR count). The maximum absolute atomic E-state index is 5.81. The molecule has 0 saturated heterocycles. The number of hydrogen-bond donors (Lipinski definition) is 1. The lowest BCUT2D eigenvalue weighted by molar-refractivity contribution is 0.231. The van der Waals surface area contributed by atoms with Gasteiger partial charge in [-0.25, -0.2) is 0 Å². The largest absolute Gasteiger partial charge is 0.492 e. The van der Waals surface area contributed by atoms with Crippen molar-refractivity contribution in [2.75, 3.05) is 32.5 Å². The topological polar surface area (TPSA) is 47.7 Å². The molecule has 0 radical (unpaired) electrons. The van der Waals surface area contributed by atoms with Crippen LogP contribution in [-0.4, -0.2) is 37.7 Å². The molecule has 0 bridgehead atoms. The van der Waals surface area contributed by atoms with Crippen LogP contribution in [0.3, 0.4) is 0 Å². The summed E-state index contributed by atoms with van der Waals surface area (Å²) in [7, 11) is 2.15. The van der Waals surface area contributed by atoms with Gasteiger partial charge in [0.1, 0.15) is 18.1 Å². The number of ether oxygens (including phenoxy) is 2. The Balaban J connectivity index is 1.82. The molecule has 4 heteroatoms. The first-order chi connectivity index (χ1) is 8.70. The molecule has 1 aliphatic carbocycles. The molecule has 100 valence electrons. The third-order valence-corrected chi connectivity index (χ3v) is 3.17. The Labute approximate surface area is 109 Å². The number of rotatable bonds is 7. The molecule has 18 heavy (non-hydrogen) atoms. The number of anilines is 1. The van der Waals surface area contributed by atoms with E-state index >= 15 is 0 Å². The zero-order chi connectivity index (χ0) is 13.0. The van der Waals surface area contributed by atoms with Crippen LogP contribution in [0.5, 0.6) is 11.5 Å². The van der Waals surface area contributed by atoms with Gasteiger partial charge in [0.15, 0.2) is 0 Å². The molecule has 1 saturated carbocycles. The van der Waals surface area contributed by atoms with Crippen molar-refractivity contribution in [2.24, 2.45) is 0 Å². The molecular weight excluding hydrogens is 228 g/mol. The van der Waals surface area contributed by atoms with Gasteiger partial charge in [0, 0.05) is 18.7 Å². The molecule has 1 aromatic rings. The van der Waals surface area contributed by atoms with Crippen molar-refractivity contribution in [1.29, 1.82) is 0 Å². The van der Waals surface area contributed by atoms with Gasteiger partial charge in [0.05, 0.1) is 12.3 Å². The molecule has 1 aliphatic rings. The van der Waals surface area contributed by atoms with E-state index < -0.39 is 0 Å². The summed E-state index contributed by atoms with van der Waals surface area (Å²) in [6, 6.07) is 6.34. The number of nitrogens with two attached hydrogens (primary N) is 1. The highest BCUT2D eigenvalue weighted by Gasteiger charge is 2.25. The molecule has 0 heterocycles. The van der Waals surface area contributed by atoms with Crippen LogP contribution in [0.25, 0.3) is 0 Å². The van der Waals surface area contributed by atoms with Crippen molar-refractivity contribution in [1.82, 2.24) is 4.90 Å². The minimum atomic E-state index is 0.609. The lowest BCUT2D eigenvalue weighted by Crippen LogP contribution is -2.26. The van der Waals surface area contributed by atoms with E-state index in [1.165, 1.54) is 12.8 Å². The van der Waals surface area contributed by atoms with Crippen molar-refractivity contribution in [3.05, 3.63) is 18.2 Å². The average molecular weight is 250 g/mol. The van der Waals surface area contributed by atoms with Crippen LogP contribution in [0, 0.1) is 0 Å². The Morgan fingerprint density at radius 3 is 2.78 bits per heavy atom. The van der Waals surface area contributed by atoms with Crippen LogP contribution in [0.15, 0.2) is 18.2 Å². The average Bonchev–Trinajstić information content (AvgIpc) is 3.17. The summed E-state index contributed by atoms with van der Waals surface area (Å²) in [5.41, 5.74) is 6.46. The fourth-order valence-corrected chi connectivity index (χ4v) is 1.89. The molecule has 2 N–H and O–H groups in total. The Bertz CT molecular complexity index is 391. The van der Waals surface area contributed by atoms with Crippen molar-refractivity contribution in [3.8, 4) is 11.5 Å². The van der Waals surface area contributed by atoms with Crippen LogP contribution in [0.2, 0.25) is 0 Å². The fourth-order valence-electron chi connectivity index (χ4n) is 1.89. The van der Waals surface area contributed by atoms with Gasteiger partial charge in [0.25, 0.3) is 0 Å². The number of benzene rings is 1. The fraction of sp³-hybridized carbons (Fsp3) is 0.571. The maximum Gasteiger partial charge on any atom is 0.145 e. The second kappa shape index (κ2) is 5.96. The van der Waals surface area contributed by atoms with E-state index in [1.54, 1.807) is 0 Å². The highest BCUT2D eigenvalue weighted by molar-refractivity contribution is 5.55. The predicted molar refractivity (Wildman–Crippen MR) is 73.2 cm³/mol. The van der Waals surface area contributed by atoms with Crippen LogP contribution in [0.1, 0.15) is 19.8 Å². The summed E-state index contributed by atoms with van der Waals surface area (Å²) in [4.78, 5) is 2.35. The van der Waals surface area contributed by atoms with E-state index in [9.17, 15) is 0 Å². The van der Waals surface area contributed by atoms with E-state index in [0.29, 0.717) is 24.7 Å². The van der Waals surface area contributed by atoms with Crippen molar-refractivity contribution in [2.45, 2.75) is 25.8 Å². The maximum atomic E-state index is 5.81. The van der Waals surface area contributed by atoms with E-state index in [-0.39, 0.29) is 0 Å². The monoisotopic (exact) mass is 250 g/mol. The summed E-state index contributed by atoms with van der Waals surface area (Å²) < 4.78 is 11.2. The Morgan fingerprint density at radius 2 is 2.11 bits per heavy atom. The highest BCUT2D eigenvalue weighted by Crippen LogP contribution is 2.27. The van der Waals surface area contributed by atoms with E-state index in [2.05, 4.69) is 11.9 Å². The van der Waals surface area contributed by atoms with Gasteiger partial charge in [-0.05, 0) is 38.9 Å². The minimum Gasteiger partial charge on any atom is -0.492 e. The molecule has 0 aromatic heterocycles. The molecule has 0 amide bonds. The summed E-state index contributed by atoms with van der Waals surface area (Å²) in [6.45, 7) is 4.21. The lowest BCUT2D eigenvalue weighted by atomic mass is 10.3. The number of hydrogen-bond acceptors (Lipinski definition) is 4. The third kappa shape index (κ3) is 3.53. The normalized spacial score (nSPS) is 14.8. The summed E-state index contributed by atoms with van der Waals surface area (Å²) in [5.74, 6) is 1.52. The van der Waals surface area contributed by atoms with Gasteiger partial charge in [-0.3, -0.25) is 0 Å². The zero-order valence-corrected chi connectivity index (χ0v) is 11.2. The predicted octanol–water partition coefficient (Wildman–Crippen LogP) is 2.14. The standard InChI is InChI=1S/C14H22N2O2/c1-3-17-14-10-12(6-7-13(14)15)18-9-8-16(2)11-4-5-11/h6-7,10-11H,3-5,8-9,15H2,1-2H3. The minimum absolute atomic E-state index is 0.609. The van der Waals surface area contributed by atoms with Gasteiger partial charge in [-0.15, -0.1) is 0 Å². The quantitative estimate of drug-likeness (QED) is 0.753. The Kier molecular flexibility index (Phi) is 4.31. The second-order valence-electron chi connectivity index (χ2n) is 4.69. The summed E-state index contributed by atoms with van der Waals surface area (Å²) in [6.07, 6.45) is 2.65.